The summed E-state index contributed by atoms with van der Waals surface area (Å²) < 4.78 is 5.19. The molecule has 0 aliphatic heterocycles. The smallest absolute Gasteiger partial charge is 0.316 e. The molecule has 128 valence electrons. The number of rotatable bonds is 4. The highest BCUT2D eigenvalue weighted by Gasteiger charge is 2.35. The van der Waals surface area contributed by atoms with Crippen LogP contribution in [-0.2, 0) is 4.79 Å². The summed E-state index contributed by atoms with van der Waals surface area (Å²) in [5, 5.41) is 5.27. The van der Waals surface area contributed by atoms with Crippen molar-refractivity contribution in [2.45, 2.75) is 37.6 Å². The maximum Gasteiger partial charge on any atom is 0.316 e. The lowest BCUT2D eigenvalue weighted by Gasteiger charge is -2.31. The lowest BCUT2D eigenvalue weighted by molar-refractivity contribution is -0.122. The summed E-state index contributed by atoms with van der Waals surface area (Å²) in [5.74, 6) is 0.219. The Morgan fingerprint density at radius 1 is 1.17 bits per heavy atom. The maximum atomic E-state index is 12.4. The van der Waals surface area contributed by atoms with Gasteiger partial charge in [0.25, 0.3) is 0 Å². The normalized spacial score (nSPS) is 15.9. The van der Waals surface area contributed by atoms with Crippen LogP contribution in [0.4, 0.5) is 16.2 Å². The molecule has 6 N–H and O–H groups in total. The zero-order valence-corrected chi connectivity index (χ0v) is 13.9. The zero-order valence-electron chi connectivity index (χ0n) is 13.1. The minimum absolute atomic E-state index is 0. The molecule has 1 fully saturated rings. The van der Waals surface area contributed by atoms with Crippen LogP contribution >= 0.6 is 12.4 Å². The highest BCUT2D eigenvalue weighted by Crippen LogP contribution is 2.30. The standard InChI is InChI=1S/C15H22N4O3.ClH/c1-22-12-9-10(5-6-11(12)19-14(16)21)18-13(20)15(17)7-3-2-4-8-15;/h5-6,9H,2-4,7-8,17H2,1H3,(H,18,20)(H3,16,19,21);1H. The number of hydrogen-bond donors (Lipinski definition) is 4. The van der Waals surface area contributed by atoms with Crippen molar-refractivity contribution in [3.05, 3.63) is 18.2 Å². The highest BCUT2D eigenvalue weighted by molar-refractivity contribution is 5.98. The molecule has 1 aromatic rings. The van der Waals surface area contributed by atoms with Gasteiger partial charge in [0.1, 0.15) is 5.75 Å². The number of amides is 3. The second kappa shape index (κ2) is 8.03. The van der Waals surface area contributed by atoms with E-state index in [4.69, 9.17) is 16.2 Å². The number of ether oxygens (including phenoxy) is 1. The Hall–Kier alpha value is -1.99. The number of primary amides is 1. The molecule has 1 aliphatic rings. The molecule has 0 aromatic heterocycles. The van der Waals surface area contributed by atoms with Crippen LogP contribution in [0.5, 0.6) is 5.75 Å². The van der Waals surface area contributed by atoms with E-state index >= 15 is 0 Å². The third kappa shape index (κ3) is 4.74. The summed E-state index contributed by atoms with van der Waals surface area (Å²) in [6.45, 7) is 0. The topological polar surface area (TPSA) is 119 Å². The highest BCUT2D eigenvalue weighted by atomic mass is 35.5. The third-order valence-electron chi connectivity index (χ3n) is 3.92. The average Bonchev–Trinajstić information content (AvgIpc) is 2.49. The monoisotopic (exact) mass is 342 g/mol. The predicted molar refractivity (Wildman–Crippen MR) is 92.1 cm³/mol. The summed E-state index contributed by atoms with van der Waals surface area (Å²) in [4.78, 5) is 23.3. The van der Waals surface area contributed by atoms with Crippen LogP contribution < -0.4 is 26.8 Å². The number of carbonyl (C=O) groups excluding carboxylic acids is 2. The SMILES string of the molecule is COc1cc(NC(=O)C2(N)CCCCC2)ccc1NC(N)=O.Cl. The average molecular weight is 343 g/mol. The first-order chi connectivity index (χ1) is 10.4. The number of nitrogens with two attached hydrogens (primary N) is 2. The van der Waals surface area contributed by atoms with E-state index < -0.39 is 11.6 Å². The number of benzene rings is 1. The minimum Gasteiger partial charge on any atom is -0.494 e. The first-order valence-corrected chi connectivity index (χ1v) is 7.29. The van der Waals surface area contributed by atoms with Gasteiger partial charge in [0.05, 0.1) is 18.3 Å². The van der Waals surface area contributed by atoms with Crippen molar-refractivity contribution in [1.29, 1.82) is 0 Å². The van der Waals surface area contributed by atoms with Crippen LogP contribution in [0.3, 0.4) is 0 Å². The van der Waals surface area contributed by atoms with E-state index in [2.05, 4.69) is 10.6 Å². The van der Waals surface area contributed by atoms with E-state index in [-0.39, 0.29) is 18.3 Å². The lowest BCUT2D eigenvalue weighted by Crippen LogP contribution is -2.52. The quantitative estimate of drug-likeness (QED) is 0.670. The van der Waals surface area contributed by atoms with Crippen molar-refractivity contribution in [3.8, 4) is 5.75 Å². The number of methoxy groups -OCH3 is 1. The number of carbonyl (C=O) groups is 2. The van der Waals surface area contributed by atoms with Gasteiger partial charge in [-0.15, -0.1) is 12.4 Å². The molecule has 0 unspecified atom stereocenters. The summed E-state index contributed by atoms with van der Waals surface area (Å²) in [6.07, 6.45) is 4.44. The Balaban J connectivity index is 0.00000264. The largest absolute Gasteiger partial charge is 0.494 e. The van der Waals surface area contributed by atoms with Gasteiger partial charge in [0, 0.05) is 11.8 Å². The fraction of sp³-hybridized carbons (Fsp3) is 0.467. The van der Waals surface area contributed by atoms with Gasteiger partial charge in [0.15, 0.2) is 0 Å². The van der Waals surface area contributed by atoms with Gasteiger partial charge in [-0.2, -0.15) is 0 Å². The van der Waals surface area contributed by atoms with Gasteiger partial charge in [-0.3, -0.25) is 4.79 Å². The van der Waals surface area contributed by atoms with E-state index in [1.807, 2.05) is 0 Å². The molecular weight excluding hydrogens is 320 g/mol. The minimum atomic E-state index is -0.810. The van der Waals surface area contributed by atoms with E-state index in [0.29, 0.717) is 30.0 Å². The van der Waals surface area contributed by atoms with Crippen molar-refractivity contribution in [3.63, 3.8) is 0 Å². The first kappa shape index (κ1) is 19.1. The van der Waals surface area contributed by atoms with Gasteiger partial charge >= 0.3 is 6.03 Å². The number of urea groups is 1. The molecule has 0 heterocycles. The van der Waals surface area contributed by atoms with Gasteiger partial charge in [-0.05, 0) is 25.0 Å². The maximum absolute atomic E-state index is 12.4. The van der Waals surface area contributed by atoms with E-state index in [1.165, 1.54) is 7.11 Å². The molecule has 2 rings (SSSR count). The van der Waals surface area contributed by atoms with Crippen molar-refractivity contribution in [2.75, 3.05) is 17.7 Å². The second-order valence-corrected chi connectivity index (χ2v) is 5.58. The number of anilines is 2. The third-order valence-corrected chi connectivity index (χ3v) is 3.92. The van der Waals surface area contributed by atoms with Gasteiger partial charge in [-0.25, -0.2) is 4.79 Å². The predicted octanol–water partition coefficient (Wildman–Crippen LogP) is 2.21. The summed E-state index contributed by atoms with van der Waals surface area (Å²) in [5.41, 5.74) is 11.5. The van der Waals surface area contributed by atoms with Crippen LogP contribution in [0.15, 0.2) is 18.2 Å². The molecule has 0 radical (unpaired) electrons. The van der Waals surface area contributed by atoms with Crippen LogP contribution in [0, 0.1) is 0 Å². The van der Waals surface area contributed by atoms with E-state index in [9.17, 15) is 9.59 Å². The Kier molecular flexibility index (Phi) is 6.65. The molecule has 0 atom stereocenters. The van der Waals surface area contributed by atoms with E-state index in [0.717, 1.165) is 19.3 Å². The molecule has 0 spiro atoms. The van der Waals surface area contributed by atoms with Crippen LogP contribution in [-0.4, -0.2) is 24.6 Å². The zero-order chi connectivity index (χ0) is 16.2. The number of halogens is 1. The van der Waals surface area contributed by atoms with Gasteiger partial charge in [-0.1, -0.05) is 19.3 Å². The molecule has 3 amide bonds. The molecule has 7 nitrogen and oxygen atoms in total. The number of hydrogen-bond acceptors (Lipinski definition) is 4. The van der Waals surface area contributed by atoms with Crippen LogP contribution in [0.2, 0.25) is 0 Å². The van der Waals surface area contributed by atoms with Crippen molar-refractivity contribution in [1.82, 2.24) is 0 Å². The Morgan fingerprint density at radius 2 is 1.83 bits per heavy atom. The van der Waals surface area contributed by atoms with Crippen molar-refractivity contribution in [2.24, 2.45) is 11.5 Å². The lowest BCUT2D eigenvalue weighted by atomic mass is 9.82. The fourth-order valence-electron chi connectivity index (χ4n) is 2.67. The fourth-order valence-corrected chi connectivity index (χ4v) is 2.67. The first-order valence-electron chi connectivity index (χ1n) is 7.29. The number of nitrogens with one attached hydrogen (secondary N) is 2. The second-order valence-electron chi connectivity index (χ2n) is 5.58. The van der Waals surface area contributed by atoms with Crippen molar-refractivity contribution >= 4 is 35.7 Å². The molecule has 1 aliphatic carbocycles. The van der Waals surface area contributed by atoms with Crippen LogP contribution in [0.25, 0.3) is 0 Å². The summed E-state index contributed by atoms with van der Waals surface area (Å²) >= 11 is 0. The van der Waals surface area contributed by atoms with E-state index in [1.54, 1.807) is 18.2 Å². The molecule has 0 bridgehead atoms. The Labute approximate surface area is 141 Å². The molecule has 1 aromatic carbocycles. The molecule has 0 saturated heterocycles. The molecular formula is C15H23ClN4O3. The molecule has 1 saturated carbocycles. The Morgan fingerprint density at radius 3 is 2.39 bits per heavy atom. The van der Waals surface area contributed by atoms with Gasteiger partial charge in [0.2, 0.25) is 5.91 Å². The molecule has 8 heteroatoms. The Bertz CT molecular complexity index is 574. The molecule has 23 heavy (non-hydrogen) atoms. The van der Waals surface area contributed by atoms with Crippen LogP contribution in [0.1, 0.15) is 32.1 Å². The summed E-state index contributed by atoms with van der Waals surface area (Å²) in [7, 11) is 1.47. The summed E-state index contributed by atoms with van der Waals surface area (Å²) in [6, 6.07) is 4.22. The van der Waals surface area contributed by atoms with Gasteiger partial charge < -0.3 is 26.8 Å². The van der Waals surface area contributed by atoms with Crippen molar-refractivity contribution < 1.29 is 14.3 Å².